The van der Waals surface area contributed by atoms with Crippen LogP contribution in [-0.4, -0.2) is 49.8 Å². The number of hydrogen-bond donors (Lipinski definition) is 0. The summed E-state index contributed by atoms with van der Waals surface area (Å²) >= 11 is 1.95. The molecule has 72 valence electrons. The second-order valence-electron chi connectivity index (χ2n) is 3.15. The molecule has 0 radical (unpaired) electrons. The summed E-state index contributed by atoms with van der Waals surface area (Å²) in [5, 5.41) is 0. The van der Waals surface area contributed by atoms with Gasteiger partial charge in [0.25, 0.3) is 0 Å². The summed E-state index contributed by atoms with van der Waals surface area (Å²) in [5.74, 6) is 1.31. The summed E-state index contributed by atoms with van der Waals surface area (Å²) in [6.45, 7) is 5.41. The molecule has 0 aromatic heterocycles. The van der Waals surface area contributed by atoms with Crippen LogP contribution in [0.15, 0.2) is 0 Å². The van der Waals surface area contributed by atoms with Crippen molar-refractivity contribution in [2.24, 2.45) is 0 Å². The van der Waals surface area contributed by atoms with Crippen LogP contribution in [0.5, 0.6) is 0 Å². The lowest BCUT2D eigenvalue weighted by Gasteiger charge is -2.26. The SMILES string of the molecule is CSCCCCN1CCOCC1. The molecule has 0 bridgehead atoms. The molecule has 1 aliphatic heterocycles. The molecule has 1 rings (SSSR count). The minimum atomic E-state index is 0.933. The largest absolute Gasteiger partial charge is 0.379 e. The zero-order chi connectivity index (χ0) is 8.65. The van der Waals surface area contributed by atoms with Gasteiger partial charge in [-0.05, 0) is 31.4 Å². The standard InChI is InChI=1S/C9H19NOS/c1-12-9-3-2-4-10-5-7-11-8-6-10/h2-9H2,1H3. The molecule has 0 saturated carbocycles. The number of hydrogen-bond acceptors (Lipinski definition) is 3. The van der Waals surface area contributed by atoms with Crippen molar-refractivity contribution < 1.29 is 4.74 Å². The average molecular weight is 189 g/mol. The molecule has 1 saturated heterocycles. The van der Waals surface area contributed by atoms with Crippen molar-refractivity contribution in [3.63, 3.8) is 0 Å². The Morgan fingerprint density at radius 2 is 2.00 bits per heavy atom. The maximum Gasteiger partial charge on any atom is 0.0594 e. The first-order valence-electron chi connectivity index (χ1n) is 4.72. The number of rotatable bonds is 5. The maximum absolute atomic E-state index is 5.28. The van der Waals surface area contributed by atoms with Crippen molar-refractivity contribution in [1.82, 2.24) is 4.90 Å². The molecular formula is C9H19NOS. The summed E-state index contributed by atoms with van der Waals surface area (Å²) in [5.41, 5.74) is 0. The predicted octanol–water partition coefficient (Wildman–Crippen LogP) is 1.46. The van der Waals surface area contributed by atoms with E-state index in [-0.39, 0.29) is 0 Å². The van der Waals surface area contributed by atoms with Crippen LogP contribution in [0.1, 0.15) is 12.8 Å². The Hall–Kier alpha value is 0.270. The molecule has 0 aromatic rings. The van der Waals surface area contributed by atoms with Gasteiger partial charge in [0.1, 0.15) is 0 Å². The van der Waals surface area contributed by atoms with Crippen LogP contribution in [0.25, 0.3) is 0 Å². The van der Waals surface area contributed by atoms with Crippen molar-refractivity contribution >= 4 is 11.8 Å². The van der Waals surface area contributed by atoms with Crippen molar-refractivity contribution in [2.75, 3.05) is 44.9 Å². The van der Waals surface area contributed by atoms with Gasteiger partial charge in [0.2, 0.25) is 0 Å². The van der Waals surface area contributed by atoms with Crippen LogP contribution >= 0.6 is 11.8 Å². The van der Waals surface area contributed by atoms with Gasteiger partial charge in [0, 0.05) is 13.1 Å². The van der Waals surface area contributed by atoms with E-state index in [2.05, 4.69) is 11.2 Å². The summed E-state index contributed by atoms with van der Waals surface area (Å²) in [4.78, 5) is 2.50. The third-order valence-corrected chi connectivity index (χ3v) is 2.87. The van der Waals surface area contributed by atoms with Gasteiger partial charge in [-0.2, -0.15) is 11.8 Å². The molecule has 0 unspecified atom stereocenters. The second-order valence-corrected chi connectivity index (χ2v) is 4.14. The molecule has 0 amide bonds. The Labute approximate surface area is 79.6 Å². The Morgan fingerprint density at radius 1 is 1.25 bits per heavy atom. The quantitative estimate of drug-likeness (QED) is 0.608. The van der Waals surface area contributed by atoms with Crippen LogP contribution in [0.2, 0.25) is 0 Å². The number of thioether (sulfide) groups is 1. The van der Waals surface area contributed by atoms with Crippen LogP contribution < -0.4 is 0 Å². The zero-order valence-electron chi connectivity index (χ0n) is 7.92. The molecule has 2 nitrogen and oxygen atoms in total. The van der Waals surface area contributed by atoms with Gasteiger partial charge in [0.15, 0.2) is 0 Å². The highest BCUT2D eigenvalue weighted by atomic mass is 32.2. The smallest absolute Gasteiger partial charge is 0.0594 e. The van der Waals surface area contributed by atoms with Crippen molar-refractivity contribution in [3.05, 3.63) is 0 Å². The molecule has 0 spiro atoms. The molecule has 0 atom stereocenters. The van der Waals surface area contributed by atoms with Gasteiger partial charge < -0.3 is 4.74 Å². The van der Waals surface area contributed by atoms with E-state index in [1.54, 1.807) is 0 Å². The fourth-order valence-corrected chi connectivity index (χ4v) is 1.90. The third kappa shape index (κ3) is 4.33. The van der Waals surface area contributed by atoms with E-state index in [4.69, 9.17) is 4.74 Å². The zero-order valence-corrected chi connectivity index (χ0v) is 8.74. The molecule has 12 heavy (non-hydrogen) atoms. The van der Waals surface area contributed by atoms with Crippen molar-refractivity contribution in [3.8, 4) is 0 Å². The highest BCUT2D eigenvalue weighted by Gasteiger charge is 2.08. The molecule has 1 aliphatic rings. The Bertz CT molecular complexity index is 105. The van der Waals surface area contributed by atoms with Crippen LogP contribution in [0.3, 0.4) is 0 Å². The number of ether oxygens (including phenoxy) is 1. The molecule has 0 aromatic carbocycles. The monoisotopic (exact) mass is 189 g/mol. The lowest BCUT2D eigenvalue weighted by Crippen LogP contribution is -2.36. The first-order valence-corrected chi connectivity index (χ1v) is 6.12. The first-order chi connectivity index (χ1) is 5.93. The van der Waals surface area contributed by atoms with Gasteiger partial charge >= 0.3 is 0 Å². The fraction of sp³-hybridized carbons (Fsp3) is 1.00. The van der Waals surface area contributed by atoms with Gasteiger partial charge in [0.05, 0.1) is 13.2 Å². The van der Waals surface area contributed by atoms with Gasteiger partial charge in [-0.25, -0.2) is 0 Å². The van der Waals surface area contributed by atoms with Gasteiger partial charge in [-0.15, -0.1) is 0 Å². The Kier molecular flexibility index (Phi) is 5.82. The summed E-state index contributed by atoms with van der Waals surface area (Å²) in [6, 6.07) is 0. The van der Waals surface area contributed by atoms with Crippen LogP contribution in [0, 0.1) is 0 Å². The molecule has 1 heterocycles. The van der Waals surface area contributed by atoms with E-state index in [0.717, 1.165) is 26.3 Å². The maximum atomic E-state index is 5.28. The van der Waals surface area contributed by atoms with E-state index < -0.39 is 0 Å². The predicted molar refractivity (Wildman–Crippen MR) is 54.9 cm³/mol. The Balaban J connectivity index is 1.91. The lowest BCUT2D eigenvalue weighted by atomic mass is 10.3. The summed E-state index contributed by atoms with van der Waals surface area (Å²) in [7, 11) is 0. The highest BCUT2D eigenvalue weighted by Crippen LogP contribution is 2.03. The van der Waals surface area contributed by atoms with Gasteiger partial charge in [-0.3, -0.25) is 4.90 Å². The molecule has 0 aliphatic carbocycles. The van der Waals surface area contributed by atoms with Crippen molar-refractivity contribution in [1.29, 1.82) is 0 Å². The summed E-state index contributed by atoms with van der Waals surface area (Å²) < 4.78 is 5.28. The fourth-order valence-electron chi connectivity index (χ4n) is 1.41. The minimum Gasteiger partial charge on any atom is -0.379 e. The van der Waals surface area contributed by atoms with E-state index in [1.165, 1.54) is 25.1 Å². The van der Waals surface area contributed by atoms with Gasteiger partial charge in [-0.1, -0.05) is 0 Å². The lowest BCUT2D eigenvalue weighted by molar-refractivity contribution is 0.0374. The normalized spacial score (nSPS) is 19.8. The molecular weight excluding hydrogens is 170 g/mol. The summed E-state index contributed by atoms with van der Waals surface area (Å²) in [6.07, 6.45) is 4.88. The number of morpholine rings is 1. The highest BCUT2D eigenvalue weighted by molar-refractivity contribution is 7.98. The van der Waals surface area contributed by atoms with Crippen molar-refractivity contribution in [2.45, 2.75) is 12.8 Å². The second kappa shape index (κ2) is 6.75. The average Bonchev–Trinajstić information content (AvgIpc) is 2.14. The van der Waals surface area contributed by atoms with Crippen LogP contribution in [-0.2, 0) is 4.74 Å². The van der Waals surface area contributed by atoms with E-state index in [1.807, 2.05) is 11.8 Å². The van der Waals surface area contributed by atoms with E-state index in [0.29, 0.717) is 0 Å². The van der Waals surface area contributed by atoms with E-state index >= 15 is 0 Å². The number of unbranched alkanes of at least 4 members (excludes halogenated alkanes) is 1. The molecule has 3 heteroatoms. The first kappa shape index (κ1) is 10.4. The minimum absolute atomic E-state index is 0.933. The van der Waals surface area contributed by atoms with E-state index in [9.17, 15) is 0 Å². The van der Waals surface area contributed by atoms with Crippen LogP contribution in [0.4, 0.5) is 0 Å². The number of nitrogens with zero attached hydrogens (tertiary/aromatic N) is 1. The third-order valence-electron chi connectivity index (χ3n) is 2.18. The molecule has 0 N–H and O–H groups in total. The molecule has 1 fully saturated rings. The Morgan fingerprint density at radius 3 is 2.67 bits per heavy atom. The topological polar surface area (TPSA) is 12.5 Å².